The molecule has 0 bridgehead atoms. The fourth-order valence-electron chi connectivity index (χ4n) is 7.06. The Balaban J connectivity index is 1.58. The molecule has 2 N–H and O–H groups in total. The molecule has 0 radical (unpaired) electrons. The third-order valence-electron chi connectivity index (χ3n) is 8.84. The number of aliphatic hydroxyl groups is 2. The Labute approximate surface area is 199 Å². The number of ketones is 2. The van der Waals surface area contributed by atoms with Gasteiger partial charge in [-0.15, -0.1) is 0 Å². The van der Waals surface area contributed by atoms with Crippen LogP contribution < -0.4 is 0 Å². The third-order valence-corrected chi connectivity index (χ3v) is 8.84. The van der Waals surface area contributed by atoms with Gasteiger partial charge in [-0.05, 0) is 62.6 Å². The number of esters is 1. The van der Waals surface area contributed by atoms with Crippen molar-refractivity contribution in [3.8, 4) is 0 Å². The molecule has 3 fully saturated rings. The Bertz CT molecular complexity index is 1120. The lowest BCUT2D eigenvalue weighted by Crippen LogP contribution is -2.70. The number of allylic oxidation sites excluding steroid dienone is 4. The summed E-state index contributed by atoms with van der Waals surface area (Å²) in [6.07, 6.45) is -4.65. The minimum Gasteiger partial charge on any atom is -0.458 e. The Morgan fingerprint density at radius 1 is 1.36 bits per heavy atom. The van der Waals surface area contributed by atoms with Gasteiger partial charge in [0.05, 0.1) is 6.10 Å². The van der Waals surface area contributed by atoms with Crippen LogP contribution in [0.1, 0.15) is 66.0 Å². The van der Waals surface area contributed by atoms with E-state index in [0.717, 1.165) is 12.2 Å². The second-order valence-electron chi connectivity index (χ2n) is 10.2. The second-order valence-corrected chi connectivity index (χ2v) is 10.2. The zero-order chi connectivity index (χ0) is 28.7. The van der Waals surface area contributed by atoms with Crippen molar-refractivity contribution in [1.29, 1.82) is 0 Å². The predicted molar refractivity (Wildman–Crippen MR) is 114 cm³/mol. The van der Waals surface area contributed by atoms with E-state index in [-0.39, 0.29) is 31.3 Å². The number of halogens is 2. The van der Waals surface area contributed by atoms with E-state index in [9.17, 15) is 24.6 Å². The maximum Gasteiger partial charge on any atom is 0.306 e. The lowest BCUT2D eigenvalue weighted by atomic mass is 9.44. The smallest absolute Gasteiger partial charge is 0.306 e. The van der Waals surface area contributed by atoms with Crippen LogP contribution in [0.5, 0.6) is 0 Å². The summed E-state index contributed by atoms with van der Waals surface area (Å²) in [5.41, 5.74) is -7.59. The van der Waals surface area contributed by atoms with E-state index in [1.165, 1.54) is 19.9 Å². The summed E-state index contributed by atoms with van der Waals surface area (Å²) in [7, 11) is 0. The molecule has 0 spiro atoms. The summed E-state index contributed by atoms with van der Waals surface area (Å²) in [5, 5.41) is 22.8. The van der Waals surface area contributed by atoms with Crippen LogP contribution in [0.2, 0.25) is 0 Å². The highest BCUT2D eigenvalue weighted by Gasteiger charge is 2.75. The predicted octanol–water partition coefficient (Wildman–Crippen LogP) is 2.95. The van der Waals surface area contributed by atoms with Crippen LogP contribution >= 0.6 is 0 Å². The van der Waals surface area contributed by atoms with Gasteiger partial charge in [-0.25, -0.2) is 8.78 Å². The van der Waals surface area contributed by atoms with E-state index >= 15 is 8.78 Å². The second kappa shape index (κ2) is 7.80. The van der Waals surface area contributed by atoms with Gasteiger partial charge in [0.25, 0.3) is 0 Å². The Morgan fingerprint density at radius 2 is 2.09 bits per heavy atom. The number of aliphatic hydroxyl groups excluding tert-OH is 1. The number of ether oxygens (including phenoxy) is 1. The molecule has 4 aliphatic rings. The molecule has 3 saturated carbocycles. The summed E-state index contributed by atoms with van der Waals surface area (Å²) < 4.78 is 73.9. The van der Waals surface area contributed by atoms with Crippen LogP contribution in [0.3, 0.4) is 0 Å². The summed E-state index contributed by atoms with van der Waals surface area (Å²) in [6, 6.07) is 0. The molecular formula is C25H32F2O6. The normalized spacial score (nSPS) is 49.2. The van der Waals surface area contributed by atoms with E-state index in [1.54, 1.807) is 0 Å². The number of rotatable bonds is 5. The van der Waals surface area contributed by atoms with E-state index < -0.39 is 90.0 Å². The molecule has 4 rings (SSSR count). The molecule has 0 unspecified atom stereocenters. The molecule has 8 heteroatoms. The highest BCUT2D eigenvalue weighted by molar-refractivity contribution is 6.01. The van der Waals surface area contributed by atoms with Gasteiger partial charge in [-0.2, -0.15) is 0 Å². The molecule has 0 saturated heterocycles. The number of hydrogen-bond donors (Lipinski definition) is 2. The first-order valence-corrected chi connectivity index (χ1v) is 11.1. The van der Waals surface area contributed by atoms with Crippen molar-refractivity contribution in [1.82, 2.24) is 0 Å². The summed E-state index contributed by atoms with van der Waals surface area (Å²) in [6.45, 7) is -1.12. The molecule has 0 amide bonds. The highest BCUT2D eigenvalue weighted by atomic mass is 19.1. The fraction of sp³-hybridized carbons (Fsp3) is 0.720. The lowest BCUT2D eigenvalue weighted by molar-refractivity contribution is -0.222. The molecule has 6 nitrogen and oxygen atoms in total. The number of hydrogen-bond acceptors (Lipinski definition) is 6. The Morgan fingerprint density at radius 3 is 2.79 bits per heavy atom. The van der Waals surface area contributed by atoms with Gasteiger partial charge >= 0.3 is 5.97 Å². The first-order chi connectivity index (χ1) is 17.2. The molecule has 8 atom stereocenters. The fourth-order valence-corrected chi connectivity index (χ4v) is 7.06. The summed E-state index contributed by atoms with van der Waals surface area (Å²) >= 11 is 0. The van der Waals surface area contributed by atoms with E-state index in [4.69, 9.17) is 11.6 Å². The number of fused-ring (bicyclic) bond motifs is 5. The van der Waals surface area contributed by atoms with Gasteiger partial charge in [-0.1, -0.05) is 19.9 Å². The minimum absolute atomic E-state index is 0.0421. The first kappa shape index (κ1) is 18.4. The molecule has 182 valence electrons. The average Bonchev–Trinajstić information content (AvgIpc) is 3.06. The van der Waals surface area contributed by atoms with Crippen molar-refractivity contribution in [2.24, 2.45) is 22.7 Å². The van der Waals surface area contributed by atoms with Gasteiger partial charge < -0.3 is 14.9 Å². The van der Waals surface area contributed by atoms with Crippen molar-refractivity contribution < 1.29 is 45.0 Å². The van der Waals surface area contributed by atoms with Gasteiger partial charge in [0.1, 0.15) is 11.8 Å². The van der Waals surface area contributed by atoms with Crippen LogP contribution in [0.4, 0.5) is 8.78 Å². The van der Waals surface area contributed by atoms with Crippen LogP contribution in [-0.4, -0.2) is 57.9 Å². The van der Waals surface area contributed by atoms with Gasteiger partial charge in [0.15, 0.2) is 18.1 Å². The standard InChI is InChI=1S/C25H32F2O6/c1-4-5-21(31)33-13-20(30)24(32)9-7-15-16-11-18(26)17-10-14(28)6-8-22(17,2)25(16,27)19(29)12-23(15,24)3/h6,8,10,15-16,18-19,29,32H,4-5,7,9,11-13H2,1-3H3/t15-,16-,18-,19-,22-,23-,24-,25-/m0/s1/i1D3,4D2. The molecular weight excluding hydrogens is 434 g/mol. The maximum atomic E-state index is 17.1. The zero-order valence-corrected chi connectivity index (χ0v) is 18.6. The van der Waals surface area contributed by atoms with Gasteiger partial charge in [0, 0.05) is 30.0 Å². The Hall–Kier alpha value is -1.93. The largest absolute Gasteiger partial charge is 0.458 e. The molecule has 0 aliphatic heterocycles. The number of Topliss-reactive ketones (excluding diaryl/α,β-unsaturated/α-hetero) is 1. The molecule has 0 aromatic heterocycles. The average molecular weight is 472 g/mol. The summed E-state index contributed by atoms with van der Waals surface area (Å²) in [5.74, 6) is -4.53. The number of carbonyl (C=O) groups excluding carboxylic acids is 3. The molecule has 0 aromatic rings. The van der Waals surface area contributed by atoms with E-state index in [2.05, 4.69) is 0 Å². The van der Waals surface area contributed by atoms with Gasteiger partial charge in [0.2, 0.25) is 5.78 Å². The van der Waals surface area contributed by atoms with Gasteiger partial charge in [-0.3, -0.25) is 14.4 Å². The third kappa shape index (κ3) is 3.13. The van der Waals surface area contributed by atoms with Crippen LogP contribution in [0.15, 0.2) is 23.8 Å². The van der Waals surface area contributed by atoms with E-state index in [1.807, 2.05) is 0 Å². The molecule has 0 heterocycles. The van der Waals surface area contributed by atoms with Crippen molar-refractivity contribution in [3.63, 3.8) is 0 Å². The van der Waals surface area contributed by atoms with Crippen molar-refractivity contribution >= 4 is 17.5 Å². The van der Waals surface area contributed by atoms with Crippen LogP contribution in [0.25, 0.3) is 0 Å². The van der Waals surface area contributed by atoms with Crippen molar-refractivity contribution in [2.45, 2.75) is 82.7 Å². The van der Waals surface area contributed by atoms with E-state index in [0.29, 0.717) is 0 Å². The minimum atomic E-state index is -3.10. The first-order valence-electron chi connectivity index (χ1n) is 13.6. The maximum absolute atomic E-state index is 17.1. The van der Waals surface area contributed by atoms with Crippen LogP contribution in [-0.2, 0) is 19.1 Å². The zero-order valence-electron chi connectivity index (χ0n) is 23.6. The number of carbonyl (C=O) groups is 3. The topological polar surface area (TPSA) is 101 Å². The summed E-state index contributed by atoms with van der Waals surface area (Å²) in [4.78, 5) is 37.2. The highest BCUT2D eigenvalue weighted by Crippen LogP contribution is 2.70. The van der Waals surface area contributed by atoms with Crippen molar-refractivity contribution in [3.05, 3.63) is 23.8 Å². The Kier molecular flexibility index (Phi) is 4.35. The molecule has 4 aliphatic carbocycles. The van der Waals surface area contributed by atoms with Crippen molar-refractivity contribution in [2.75, 3.05) is 6.61 Å². The SMILES string of the molecule is [2H]C([2H])([2H])C([2H])([2H])CC(=O)OCC(=O)[C@@]1(O)CC[C@H]2[C@@H]3C[C@H](F)C4=CC(=O)C=C[C@]4(C)[C@@]3(F)[C@@H](O)C[C@@]21C. The molecule has 0 aromatic carbocycles. The number of alkyl halides is 2. The molecule has 33 heavy (non-hydrogen) atoms. The lowest BCUT2D eigenvalue weighted by Gasteiger charge is -2.63. The quantitative estimate of drug-likeness (QED) is 0.598. The monoisotopic (exact) mass is 471 g/mol. The van der Waals surface area contributed by atoms with Crippen LogP contribution in [0, 0.1) is 22.7 Å².